The molecule has 2 aromatic carbocycles. The van der Waals surface area contributed by atoms with E-state index < -0.39 is 23.1 Å². The maximum absolute atomic E-state index is 14.8. The predicted octanol–water partition coefficient (Wildman–Crippen LogP) is 5.81. The van der Waals surface area contributed by atoms with Gasteiger partial charge in [-0.1, -0.05) is 59.6 Å². The highest BCUT2D eigenvalue weighted by molar-refractivity contribution is 6.32. The second-order valence-electron chi connectivity index (χ2n) is 9.10. The van der Waals surface area contributed by atoms with E-state index in [0.717, 1.165) is 36.1 Å². The average molecular weight is 502 g/mol. The van der Waals surface area contributed by atoms with E-state index in [1.54, 1.807) is 0 Å². The third-order valence-corrected chi connectivity index (χ3v) is 7.97. The molecule has 2 aliphatic rings. The van der Waals surface area contributed by atoms with Gasteiger partial charge in [0.25, 0.3) is 0 Å². The minimum atomic E-state index is -1.39. The van der Waals surface area contributed by atoms with Gasteiger partial charge in [-0.15, -0.1) is 0 Å². The van der Waals surface area contributed by atoms with Crippen molar-refractivity contribution in [1.82, 2.24) is 9.88 Å². The summed E-state index contributed by atoms with van der Waals surface area (Å²) in [7, 11) is 0. The van der Waals surface area contributed by atoms with Crippen LogP contribution in [0.1, 0.15) is 48.5 Å². The maximum Gasteiger partial charge on any atom is 0.229 e. The number of aromatic nitrogens is 1. The van der Waals surface area contributed by atoms with Gasteiger partial charge in [0.2, 0.25) is 11.9 Å². The molecule has 3 aromatic rings. The second kappa shape index (κ2) is 8.91. The van der Waals surface area contributed by atoms with E-state index in [2.05, 4.69) is 9.88 Å². The molecule has 176 valence electrons. The van der Waals surface area contributed by atoms with Gasteiger partial charge < -0.3 is 5.73 Å². The summed E-state index contributed by atoms with van der Waals surface area (Å²) >= 11 is 13.3. The molecule has 2 saturated heterocycles. The van der Waals surface area contributed by atoms with E-state index in [1.165, 1.54) is 0 Å². The number of carbonyl (C=O) groups excluding carboxylic acids is 1. The number of primary amides is 1. The zero-order valence-electron chi connectivity index (χ0n) is 18.2. The monoisotopic (exact) mass is 501 g/mol. The summed E-state index contributed by atoms with van der Waals surface area (Å²) in [4.78, 5) is 18.9. The van der Waals surface area contributed by atoms with Crippen molar-refractivity contribution in [2.24, 2.45) is 5.73 Å². The Bertz CT molecular complexity index is 1190. The molecule has 2 bridgehead atoms. The Labute approximate surface area is 206 Å². The van der Waals surface area contributed by atoms with Crippen LogP contribution in [0.3, 0.4) is 0 Å². The molecule has 0 radical (unpaired) electrons. The Morgan fingerprint density at radius 3 is 1.97 bits per heavy atom. The van der Waals surface area contributed by atoms with Gasteiger partial charge in [0, 0.05) is 22.1 Å². The molecule has 1 aromatic heterocycles. The van der Waals surface area contributed by atoms with Crippen LogP contribution in [0.15, 0.2) is 60.7 Å². The van der Waals surface area contributed by atoms with Gasteiger partial charge in [-0.05, 0) is 61.1 Å². The van der Waals surface area contributed by atoms with E-state index in [4.69, 9.17) is 28.9 Å². The van der Waals surface area contributed by atoms with Crippen molar-refractivity contribution in [2.45, 2.75) is 49.2 Å². The number of nitrogens with zero attached hydrogens (tertiary/aromatic N) is 2. The van der Waals surface area contributed by atoms with Gasteiger partial charge >= 0.3 is 0 Å². The molecular weight excluding hydrogens is 479 g/mol. The van der Waals surface area contributed by atoms with Gasteiger partial charge in [-0.3, -0.25) is 9.69 Å². The molecule has 2 N–H and O–H groups in total. The van der Waals surface area contributed by atoms with Crippen molar-refractivity contribution in [3.05, 3.63) is 99.3 Å². The first kappa shape index (κ1) is 23.2. The Morgan fingerprint density at radius 1 is 0.941 bits per heavy atom. The van der Waals surface area contributed by atoms with E-state index in [0.29, 0.717) is 10.0 Å². The van der Waals surface area contributed by atoms with Crippen LogP contribution in [-0.2, 0) is 10.2 Å². The lowest BCUT2D eigenvalue weighted by atomic mass is 9.70. The topological polar surface area (TPSA) is 59.2 Å². The van der Waals surface area contributed by atoms with Crippen LogP contribution in [0.25, 0.3) is 0 Å². The van der Waals surface area contributed by atoms with E-state index in [1.807, 2.05) is 48.5 Å². The Hall–Kier alpha value is -2.54. The first-order chi connectivity index (χ1) is 16.3. The zero-order valence-corrected chi connectivity index (χ0v) is 19.7. The quantitative estimate of drug-likeness (QED) is 0.449. The Kier molecular flexibility index (Phi) is 6.09. The largest absolute Gasteiger partial charge is 0.369 e. The number of amides is 1. The van der Waals surface area contributed by atoms with Crippen molar-refractivity contribution in [3.8, 4) is 0 Å². The molecular formula is C26H23Cl2F2N3O. The first-order valence-electron chi connectivity index (χ1n) is 11.2. The van der Waals surface area contributed by atoms with Gasteiger partial charge in [0.05, 0.1) is 17.2 Å². The molecule has 1 unspecified atom stereocenters. The highest BCUT2D eigenvalue weighted by Gasteiger charge is 2.56. The summed E-state index contributed by atoms with van der Waals surface area (Å²) in [6, 6.07) is 16.6. The highest BCUT2D eigenvalue weighted by atomic mass is 35.5. The van der Waals surface area contributed by atoms with Crippen molar-refractivity contribution in [1.29, 1.82) is 0 Å². The third kappa shape index (κ3) is 3.78. The second-order valence-corrected chi connectivity index (χ2v) is 9.91. The predicted molar refractivity (Wildman–Crippen MR) is 128 cm³/mol. The summed E-state index contributed by atoms with van der Waals surface area (Å²) in [5.74, 6) is -2.24. The van der Waals surface area contributed by atoms with Crippen LogP contribution in [-0.4, -0.2) is 27.9 Å². The van der Waals surface area contributed by atoms with Gasteiger partial charge in [0.15, 0.2) is 0 Å². The summed E-state index contributed by atoms with van der Waals surface area (Å²) in [5, 5.41) is 1.22. The number of rotatable bonds is 5. The SMILES string of the molecule is NC(=O)C1(c2nc(F)ccc2F)C[C@H]2CC[C@@H](C1)N2C(c1ccccc1Cl)c1ccccc1Cl. The minimum Gasteiger partial charge on any atom is -0.369 e. The normalized spacial score (nSPS) is 24.5. The molecule has 2 aliphatic heterocycles. The van der Waals surface area contributed by atoms with Crippen LogP contribution in [0.2, 0.25) is 10.0 Å². The van der Waals surface area contributed by atoms with Gasteiger partial charge in [-0.2, -0.15) is 4.39 Å². The van der Waals surface area contributed by atoms with Crippen LogP contribution in [0, 0.1) is 11.8 Å². The fourth-order valence-electron chi connectivity index (χ4n) is 5.85. The summed E-state index contributed by atoms with van der Waals surface area (Å²) in [5.41, 5.74) is 6.07. The van der Waals surface area contributed by atoms with Crippen molar-refractivity contribution in [3.63, 3.8) is 0 Å². The number of carbonyl (C=O) groups is 1. The number of benzene rings is 2. The van der Waals surface area contributed by atoms with Crippen LogP contribution < -0.4 is 5.73 Å². The number of hydrogen-bond acceptors (Lipinski definition) is 3. The number of halogens is 4. The molecule has 0 aliphatic carbocycles. The molecule has 1 amide bonds. The van der Waals surface area contributed by atoms with Crippen LogP contribution in [0.5, 0.6) is 0 Å². The van der Waals surface area contributed by atoms with Crippen molar-refractivity contribution in [2.75, 3.05) is 0 Å². The summed E-state index contributed by atoms with van der Waals surface area (Å²) in [6.07, 6.45) is 2.03. The highest BCUT2D eigenvalue weighted by Crippen LogP contribution is 2.52. The zero-order chi connectivity index (χ0) is 24.0. The van der Waals surface area contributed by atoms with Crippen molar-refractivity contribution >= 4 is 29.1 Å². The smallest absolute Gasteiger partial charge is 0.229 e. The third-order valence-electron chi connectivity index (χ3n) is 7.28. The van der Waals surface area contributed by atoms with E-state index in [-0.39, 0.29) is 36.7 Å². The number of fused-ring (bicyclic) bond motifs is 2. The minimum absolute atomic E-state index is 0.131. The summed E-state index contributed by atoms with van der Waals surface area (Å²) in [6.45, 7) is 0. The molecule has 0 saturated carbocycles. The Morgan fingerprint density at radius 2 is 1.47 bits per heavy atom. The lowest BCUT2D eigenvalue weighted by Gasteiger charge is -2.48. The average Bonchev–Trinajstić information content (AvgIpc) is 3.07. The number of hydrogen-bond donors (Lipinski definition) is 1. The molecule has 3 heterocycles. The van der Waals surface area contributed by atoms with E-state index in [9.17, 15) is 13.6 Å². The van der Waals surface area contributed by atoms with Crippen molar-refractivity contribution < 1.29 is 13.6 Å². The Balaban J connectivity index is 1.62. The lowest BCUT2D eigenvalue weighted by molar-refractivity contribution is -0.127. The molecule has 3 atom stereocenters. The number of piperidine rings is 1. The molecule has 8 heteroatoms. The van der Waals surface area contributed by atoms with Gasteiger partial charge in [0.1, 0.15) is 5.82 Å². The molecule has 4 nitrogen and oxygen atoms in total. The molecule has 5 rings (SSSR count). The summed E-state index contributed by atoms with van der Waals surface area (Å²) < 4.78 is 28.9. The molecule has 0 spiro atoms. The van der Waals surface area contributed by atoms with Crippen LogP contribution in [0.4, 0.5) is 8.78 Å². The van der Waals surface area contributed by atoms with E-state index >= 15 is 0 Å². The van der Waals surface area contributed by atoms with Crippen LogP contribution >= 0.6 is 23.2 Å². The first-order valence-corrected chi connectivity index (χ1v) is 12.0. The molecule has 2 fully saturated rings. The lowest BCUT2D eigenvalue weighted by Crippen LogP contribution is -2.56. The fraction of sp³-hybridized carbons (Fsp3) is 0.308. The number of nitrogens with two attached hydrogens (primary N) is 1. The molecule has 34 heavy (non-hydrogen) atoms. The van der Waals surface area contributed by atoms with Gasteiger partial charge in [-0.25, -0.2) is 9.37 Å². The number of pyridine rings is 1. The fourth-order valence-corrected chi connectivity index (χ4v) is 6.33. The standard InChI is InChI=1S/C26H23Cl2F2N3O/c27-19-7-3-1-5-17(19)23(18-6-2-4-8-20(18)28)33-15-9-10-16(33)14-26(13-15,25(31)34)24-21(29)11-12-22(30)32-24/h1-8,11-12,15-16,23H,9-10,13-14H2,(H2,31,34)/t15-,16+,26?. The maximum atomic E-state index is 14.8.